The number of nitrogens with one attached hydrogen (secondary N) is 2. The van der Waals surface area contributed by atoms with Crippen LogP contribution in [0.1, 0.15) is 12.2 Å². The first-order valence-electron chi connectivity index (χ1n) is 6.82. The van der Waals surface area contributed by atoms with Gasteiger partial charge in [0.1, 0.15) is 18.5 Å². The van der Waals surface area contributed by atoms with E-state index in [0.717, 1.165) is 11.4 Å². The van der Waals surface area contributed by atoms with Crippen LogP contribution in [0.25, 0.3) is 11.4 Å². The Morgan fingerprint density at radius 1 is 1.32 bits per heavy atom. The van der Waals surface area contributed by atoms with Gasteiger partial charge in [0.15, 0.2) is 5.82 Å². The Morgan fingerprint density at radius 2 is 2.14 bits per heavy atom. The standard InChI is InChI=1S/C14H15N7O/c1-10-17-14(20-19-10)11-3-2-4-12(7-11)18-13(22)5-6-21-8-15-16-9-21/h2-4,7-9H,5-6H2,1H3,(H,18,22)(H,17,19,20). The number of aromatic nitrogens is 6. The van der Waals surface area contributed by atoms with Crippen molar-refractivity contribution in [1.29, 1.82) is 0 Å². The average Bonchev–Trinajstić information content (AvgIpc) is 3.17. The highest BCUT2D eigenvalue weighted by atomic mass is 16.1. The Hall–Kier alpha value is -3.03. The molecule has 0 radical (unpaired) electrons. The van der Waals surface area contributed by atoms with Crippen LogP contribution >= 0.6 is 0 Å². The summed E-state index contributed by atoms with van der Waals surface area (Å²) >= 11 is 0. The van der Waals surface area contributed by atoms with Gasteiger partial charge in [-0.2, -0.15) is 5.10 Å². The first-order chi connectivity index (χ1) is 10.7. The van der Waals surface area contributed by atoms with E-state index < -0.39 is 0 Å². The van der Waals surface area contributed by atoms with E-state index in [1.807, 2.05) is 31.2 Å². The van der Waals surface area contributed by atoms with Gasteiger partial charge < -0.3 is 9.88 Å². The molecule has 0 unspecified atom stereocenters. The molecule has 2 N–H and O–H groups in total. The second-order valence-corrected chi connectivity index (χ2v) is 4.82. The molecular formula is C14H15N7O. The van der Waals surface area contributed by atoms with Crippen LogP contribution in [-0.2, 0) is 11.3 Å². The van der Waals surface area contributed by atoms with Crippen molar-refractivity contribution >= 4 is 11.6 Å². The third kappa shape index (κ3) is 3.35. The number of hydrogen-bond acceptors (Lipinski definition) is 5. The van der Waals surface area contributed by atoms with Gasteiger partial charge in [0.25, 0.3) is 0 Å². The second-order valence-electron chi connectivity index (χ2n) is 4.82. The van der Waals surface area contributed by atoms with Gasteiger partial charge in [0, 0.05) is 24.2 Å². The normalized spacial score (nSPS) is 10.6. The van der Waals surface area contributed by atoms with Crippen LogP contribution < -0.4 is 5.32 Å². The zero-order valence-electron chi connectivity index (χ0n) is 12.0. The van der Waals surface area contributed by atoms with Crippen LogP contribution in [0.3, 0.4) is 0 Å². The summed E-state index contributed by atoms with van der Waals surface area (Å²) in [5.74, 6) is 1.29. The van der Waals surface area contributed by atoms with Crippen molar-refractivity contribution in [2.45, 2.75) is 19.9 Å². The molecule has 3 rings (SSSR count). The van der Waals surface area contributed by atoms with Crippen molar-refractivity contribution in [1.82, 2.24) is 29.9 Å². The highest BCUT2D eigenvalue weighted by Crippen LogP contribution is 2.19. The van der Waals surface area contributed by atoms with E-state index in [1.54, 1.807) is 17.2 Å². The van der Waals surface area contributed by atoms with E-state index in [0.29, 0.717) is 24.5 Å². The van der Waals surface area contributed by atoms with Crippen molar-refractivity contribution in [2.24, 2.45) is 0 Å². The van der Waals surface area contributed by atoms with Gasteiger partial charge in [-0.3, -0.25) is 9.89 Å². The van der Waals surface area contributed by atoms with Gasteiger partial charge in [-0.1, -0.05) is 12.1 Å². The van der Waals surface area contributed by atoms with E-state index in [2.05, 4.69) is 30.7 Å². The lowest BCUT2D eigenvalue weighted by atomic mass is 10.2. The van der Waals surface area contributed by atoms with Crippen LogP contribution in [0, 0.1) is 6.92 Å². The number of carbonyl (C=O) groups excluding carboxylic acids is 1. The third-order valence-corrected chi connectivity index (χ3v) is 3.07. The minimum absolute atomic E-state index is 0.0722. The molecule has 22 heavy (non-hydrogen) atoms. The minimum Gasteiger partial charge on any atom is -0.326 e. The lowest BCUT2D eigenvalue weighted by Gasteiger charge is -2.06. The maximum Gasteiger partial charge on any atom is 0.226 e. The zero-order chi connectivity index (χ0) is 15.4. The van der Waals surface area contributed by atoms with E-state index in [9.17, 15) is 4.79 Å². The van der Waals surface area contributed by atoms with E-state index in [1.165, 1.54) is 0 Å². The summed E-state index contributed by atoms with van der Waals surface area (Å²) in [5.41, 5.74) is 1.56. The fourth-order valence-electron chi connectivity index (χ4n) is 2.00. The summed E-state index contributed by atoms with van der Waals surface area (Å²) in [6.07, 6.45) is 3.51. The average molecular weight is 297 g/mol. The van der Waals surface area contributed by atoms with E-state index in [4.69, 9.17) is 0 Å². The summed E-state index contributed by atoms with van der Waals surface area (Å²) in [6.45, 7) is 2.38. The number of hydrogen-bond donors (Lipinski definition) is 2. The molecule has 0 aliphatic carbocycles. The molecule has 0 bridgehead atoms. The maximum absolute atomic E-state index is 12.0. The molecule has 1 aromatic carbocycles. The topological polar surface area (TPSA) is 101 Å². The maximum atomic E-state index is 12.0. The summed E-state index contributed by atoms with van der Waals surface area (Å²) in [4.78, 5) is 16.2. The van der Waals surface area contributed by atoms with E-state index in [-0.39, 0.29) is 5.91 Å². The molecule has 0 spiro atoms. The number of nitrogens with zero attached hydrogens (tertiary/aromatic N) is 5. The minimum atomic E-state index is -0.0722. The molecular weight excluding hydrogens is 282 g/mol. The number of H-pyrrole nitrogens is 1. The van der Waals surface area contributed by atoms with Crippen LogP contribution in [0.2, 0.25) is 0 Å². The molecule has 112 valence electrons. The summed E-state index contributed by atoms with van der Waals surface area (Å²) in [5, 5.41) is 17.2. The summed E-state index contributed by atoms with van der Waals surface area (Å²) in [6, 6.07) is 7.44. The molecule has 1 amide bonds. The van der Waals surface area contributed by atoms with E-state index >= 15 is 0 Å². The van der Waals surface area contributed by atoms with Crippen LogP contribution in [0.15, 0.2) is 36.9 Å². The van der Waals surface area contributed by atoms with Gasteiger partial charge in [-0.05, 0) is 19.1 Å². The van der Waals surface area contributed by atoms with Gasteiger partial charge in [0.05, 0.1) is 0 Å². The van der Waals surface area contributed by atoms with Crippen LogP contribution in [0.4, 0.5) is 5.69 Å². The van der Waals surface area contributed by atoms with Crippen molar-refractivity contribution in [3.63, 3.8) is 0 Å². The Bertz CT molecular complexity index is 763. The molecule has 2 heterocycles. The fourth-order valence-corrected chi connectivity index (χ4v) is 2.00. The molecule has 0 atom stereocenters. The molecule has 0 saturated carbocycles. The van der Waals surface area contributed by atoms with Crippen molar-refractivity contribution in [3.8, 4) is 11.4 Å². The van der Waals surface area contributed by atoms with Gasteiger partial charge in [-0.15, -0.1) is 10.2 Å². The zero-order valence-corrected chi connectivity index (χ0v) is 12.0. The highest BCUT2D eigenvalue weighted by molar-refractivity contribution is 5.91. The molecule has 0 fully saturated rings. The number of aromatic amines is 1. The molecule has 8 nitrogen and oxygen atoms in total. The largest absolute Gasteiger partial charge is 0.326 e. The monoisotopic (exact) mass is 297 g/mol. The smallest absolute Gasteiger partial charge is 0.226 e. The highest BCUT2D eigenvalue weighted by Gasteiger charge is 2.07. The summed E-state index contributed by atoms with van der Waals surface area (Å²) in [7, 11) is 0. The van der Waals surface area contributed by atoms with Gasteiger partial charge >= 0.3 is 0 Å². The molecule has 0 aliphatic heterocycles. The quantitative estimate of drug-likeness (QED) is 0.741. The van der Waals surface area contributed by atoms with Crippen molar-refractivity contribution < 1.29 is 4.79 Å². The predicted octanol–water partition coefficient (Wildman–Crippen LogP) is 1.40. The number of benzene rings is 1. The SMILES string of the molecule is Cc1nc(-c2cccc(NC(=O)CCn3cnnc3)c2)n[nH]1. The lowest BCUT2D eigenvalue weighted by molar-refractivity contribution is -0.116. The third-order valence-electron chi connectivity index (χ3n) is 3.07. The van der Waals surface area contributed by atoms with Gasteiger partial charge in [0.2, 0.25) is 5.91 Å². The Labute approximate surface area is 126 Å². The molecule has 3 aromatic rings. The van der Waals surface area contributed by atoms with Crippen LogP contribution in [-0.4, -0.2) is 35.9 Å². The number of anilines is 1. The van der Waals surface area contributed by atoms with Gasteiger partial charge in [-0.25, -0.2) is 4.98 Å². The Morgan fingerprint density at radius 3 is 2.86 bits per heavy atom. The Balaban J connectivity index is 1.63. The Kier molecular flexibility index (Phi) is 3.90. The first-order valence-corrected chi connectivity index (χ1v) is 6.82. The van der Waals surface area contributed by atoms with Crippen LogP contribution in [0.5, 0.6) is 0 Å². The lowest BCUT2D eigenvalue weighted by Crippen LogP contribution is -2.14. The number of amides is 1. The number of rotatable bonds is 5. The molecule has 0 saturated heterocycles. The number of carbonyl (C=O) groups is 1. The predicted molar refractivity (Wildman–Crippen MR) is 79.8 cm³/mol. The van der Waals surface area contributed by atoms with Crippen molar-refractivity contribution in [2.75, 3.05) is 5.32 Å². The second kappa shape index (κ2) is 6.17. The van der Waals surface area contributed by atoms with Crippen molar-refractivity contribution in [3.05, 3.63) is 42.7 Å². The first kappa shape index (κ1) is 13.9. The number of aryl methyl sites for hydroxylation is 2. The summed E-state index contributed by atoms with van der Waals surface area (Å²) < 4.78 is 1.76. The molecule has 0 aliphatic rings. The molecule has 2 aromatic heterocycles. The molecule has 8 heteroatoms. The fraction of sp³-hybridized carbons (Fsp3) is 0.214.